The van der Waals surface area contributed by atoms with Crippen LogP contribution in [-0.4, -0.2) is 30.8 Å². The summed E-state index contributed by atoms with van der Waals surface area (Å²) in [5, 5.41) is 2.63. The number of hydrogen-bond donors (Lipinski definition) is 2. The van der Waals surface area contributed by atoms with Crippen molar-refractivity contribution in [3.8, 4) is 0 Å². The van der Waals surface area contributed by atoms with Gasteiger partial charge in [0.1, 0.15) is 0 Å². The Balaban J connectivity index is 2.44. The minimum Gasteiger partial charge on any atom is -0.400 e. The molecule has 2 rings (SSSR count). The van der Waals surface area contributed by atoms with Gasteiger partial charge in [-0.1, -0.05) is 6.08 Å². The second-order valence-electron chi connectivity index (χ2n) is 7.08. The van der Waals surface area contributed by atoms with Crippen LogP contribution in [0, 0.1) is 11.6 Å². The average molecular weight is 352 g/mol. The Morgan fingerprint density at radius 2 is 1.80 bits per heavy atom. The molecule has 1 saturated heterocycles. The zero-order valence-corrected chi connectivity index (χ0v) is 15.1. The Bertz CT molecular complexity index is 704. The summed E-state index contributed by atoms with van der Waals surface area (Å²) in [5.41, 5.74) is 4.97. The first-order valence-corrected chi connectivity index (χ1v) is 7.98. The van der Waals surface area contributed by atoms with Crippen LogP contribution >= 0.6 is 0 Å². The van der Waals surface area contributed by atoms with E-state index in [1.54, 1.807) is 0 Å². The van der Waals surface area contributed by atoms with Gasteiger partial charge in [0.05, 0.1) is 11.2 Å². The third kappa shape index (κ3) is 4.01. The maximum absolute atomic E-state index is 14.1. The van der Waals surface area contributed by atoms with Gasteiger partial charge < -0.3 is 20.4 Å². The van der Waals surface area contributed by atoms with E-state index in [-0.39, 0.29) is 23.7 Å². The van der Waals surface area contributed by atoms with Crippen LogP contribution in [0.3, 0.4) is 0 Å². The summed E-state index contributed by atoms with van der Waals surface area (Å²) in [6.07, 6.45) is 1.37. The summed E-state index contributed by atoms with van der Waals surface area (Å²) < 4.78 is 39.6. The molecule has 1 fully saturated rings. The summed E-state index contributed by atoms with van der Waals surface area (Å²) >= 11 is 0. The number of nitrogen functional groups attached to an aromatic ring is 1. The molecule has 1 aromatic carbocycles. The number of halogens is 2. The maximum Gasteiger partial charge on any atom is 0.492 e. The lowest BCUT2D eigenvalue weighted by molar-refractivity contribution is -0.118. The maximum atomic E-state index is 14.1. The Morgan fingerprint density at radius 1 is 1.24 bits per heavy atom. The Kier molecular flexibility index (Phi) is 5.25. The molecule has 8 heteroatoms. The van der Waals surface area contributed by atoms with Gasteiger partial charge in [-0.05, 0) is 45.3 Å². The summed E-state index contributed by atoms with van der Waals surface area (Å²) in [6, 6.07) is 2.24. The largest absolute Gasteiger partial charge is 0.492 e. The van der Waals surface area contributed by atoms with E-state index < -0.39 is 30.0 Å². The van der Waals surface area contributed by atoms with Crippen LogP contribution in [0.25, 0.3) is 6.08 Å². The quantitative estimate of drug-likeness (QED) is 0.646. The van der Waals surface area contributed by atoms with Crippen molar-refractivity contribution < 1.29 is 22.9 Å². The van der Waals surface area contributed by atoms with E-state index in [2.05, 4.69) is 5.32 Å². The van der Waals surface area contributed by atoms with Gasteiger partial charge in [0.15, 0.2) is 11.6 Å². The number of hydrogen-bond acceptors (Lipinski definition) is 4. The second kappa shape index (κ2) is 6.76. The topological polar surface area (TPSA) is 73.6 Å². The van der Waals surface area contributed by atoms with Crippen LogP contribution in [0.5, 0.6) is 0 Å². The molecule has 0 unspecified atom stereocenters. The zero-order valence-electron chi connectivity index (χ0n) is 15.1. The molecule has 0 bridgehead atoms. The molecule has 1 aliphatic rings. The molecule has 1 aromatic rings. The first kappa shape index (κ1) is 19.4. The molecule has 0 saturated carbocycles. The Labute approximate surface area is 146 Å². The van der Waals surface area contributed by atoms with Crippen LogP contribution in [0.15, 0.2) is 17.6 Å². The predicted octanol–water partition coefficient (Wildman–Crippen LogP) is 2.70. The molecule has 1 aliphatic heterocycles. The highest BCUT2D eigenvalue weighted by molar-refractivity contribution is 6.56. The molecule has 0 atom stereocenters. The predicted molar refractivity (Wildman–Crippen MR) is 93.5 cm³/mol. The van der Waals surface area contributed by atoms with Gasteiger partial charge in [0.2, 0.25) is 5.91 Å². The first-order chi connectivity index (χ1) is 11.4. The van der Waals surface area contributed by atoms with Gasteiger partial charge >= 0.3 is 7.12 Å². The van der Waals surface area contributed by atoms with Crippen molar-refractivity contribution in [2.45, 2.75) is 45.8 Å². The molecule has 1 amide bonds. The van der Waals surface area contributed by atoms with E-state index in [1.807, 2.05) is 27.7 Å². The van der Waals surface area contributed by atoms with Gasteiger partial charge in [-0.25, -0.2) is 8.78 Å². The second-order valence-corrected chi connectivity index (χ2v) is 7.08. The van der Waals surface area contributed by atoms with E-state index >= 15 is 0 Å². The van der Waals surface area contributed by atoms with Crippen molar-refractivity contribution >= 4 is 24.8 Å². The van der Waals surface area contributed by atoms with Crippen molar-refractivity contribution in [1.29, 1.82) is 0 Å². The smallest absolute Gasteiger partial charge is 0.400 e. The fourth-order valence-corrected chi connectivity index (χ4v) is 2.34. The summed E-state index contributed by atoms with van der Waals surface area (Å²) in [6.45, 7) is 8.92. The van der Waals surface area contributed by atoms with Crippen molar-refractivity contribution in [1.82, 2.24) is 5.32 Å². The highest BCUT2D eigenvalue weighted by atomic mass is 19.2. The molecule has 136 valence electrons. The number of benzene rings is 1. The fraction of sp³-hybridized carbons (Fsp3) is 0.471. The number of nitrogens with two attached hydrogens (primary N) is 1. The number of anilines is 1. The van der Waals surface area contributed by atoms with Crippen molar-refractivity contribution in [2.24, 2.45) is 0 Å². The van der Waals surface area contributed by atoms with E-state index in [1.165, 1.54) is 19.1 Å². The highest BCUT2D eigenvalue weighted by Crippen LogP contribution is 2.39. The minimum atomic E-state index is -1.06. The summed E-state index contributed by atoms with van der Waals surface area (Å²) in [5.74, 6) is -2.33. The normalized spacial score (nSPS) is 19.2. The standard InChI is InChI=1S/C17H23BF2N2O3/c1-10(23)22-9-11(18-24-16(2,3)17(4,5)25-18)8-12-14(21)7-6-13(19)15(12)20/h6-8H,9,21H2,1-5H3,(H,22,23). The SMILES string of the molecule is CC(=O)NCC(=Cc1c(N)ccc(F)c1F)B1OC(C)(C)C(C)(C)O1. The zero-order chi connectivity index (χ0) is 19.0. The lowest BCUT2D eigenvalue weighted by Crippen LogP contribution is -2.41. The molecule has 0 spiro atoms. The molecule has 0 aliphatic carbocycles. The van der Waals surface area contributed by atoms with Crippen LogP contribution in [0.4, 0.5) is 14.5 Å². The number of rotatable bonds is 4. The minimum absolute atomic E-state index is 0.0571. The van der Waals surface area contributed by atoms with Crippen LogP contribution in [0.2, 0.25) is 0 Å². The highest BCUT2D eigenvalue weighted by Gasteiger charge is 2.52. The molecule has 0 aromatic heterocycles. The molecule has 25 heavy (non-hydrogen) atoms. The third-order valence-electron chi connectivity index (χ3n) is 4.59. The van der Waals surface area contributed by atoms with Crippen LogP contribution in [-0.2, 0) is 14.1 Å². The van der Waals surface area contributed by atoms with Crippen molar-refractivity contribution in [3.05, 3.63) is 34.8 Å². The van der Waals surface area contributed by atoms with Gasteiger partial charge in [-0.15, -0.1) is 0 Å². The van der Waals surface area contributed by atoms with E-state index in [4.69, 9.17) is 15.0 Å². The van der Waals surface area contributed by atoms with Gasteiger partial charge in [0, 0.05) is 24.7 Å². The Morgan fingerprint density at radius 3 is 2.32 bits per heavy atom. The molecular weight excluding hydrogens is 329 g/mol. The number of nitrogens with one attached hydrogen (secondary N) is 1. The molecule has 1 heterocycles. The molecule has 0 radical (unpaired) electrons. The monoisotopic (exact) mass is 352 g/mol. The van der Waals surface area contributed by atoms with Crippen LogP contribution < -0.4 is 11.1 Å². The van der Waals surface area contributed by atoms with Crippen molar-refractivity contribution in [3.63, 3.8) is 0 Å². The number of carbonyl (C=O) groups is 1. The summed E-state index contributed by atoms with van der Waals surface area (Å²) in [7, 11) is -0.820. The lowest BCUT2D eigenvalue weighted by atomic mass is 9.76. The van der Waals surface area contributed by atoms with E-state index in [0.717, 1.165) is 6.07 Å². The molecular formula is C17H23BF2N2O3. The lowest BCUT2D eigenvalue weighted by Gasteiger charge is -2.32. The number of amides is 1. The van der Waals surface area contributed by atoms with Crippen LogP contribution in [0.1, 0.15) is 40.2 Å². The van der Waals surface area contributed by atoms with Gasteiger partial charge in [-0.3, -0.25) is 4.79 Å². The Hall–Kier alpha value is -1.93. The van der Waals surface area contributed by atoms with Crippen molar-refractivity contribution in [2.75, 3.05) is 12.3 Å². The fourth-order valence-electron chi connectivity index (χ4n) is 2.34. The first-order valence-electron chi connectivity index (χ1n) is 7.98. The third-order valence-corrected chi connectivity index (χ3v) is 4.59. The average Bonchev–Trinajstić information content (AvgIpc) is 2.70. The number of carbonyl (C=O) groups excluding carboxylic acids is 1. The summed E-state index contributed by atoms with van der Waals surface area (Å²) in [4.78, 5) is 11.3. The van der Waals surface area contributed by atoms with E-state index in [9.17, 15) is 13.6 Å². The molecule has 3 N–H and O–H groups in total. The van der Waals surface area contributed by atoms with E-state index in [0.29, 0.717) is 5.47 Å². The molecule has 5 nitrogen and oxygen atoms in total. The van der Waals surface area contributed by atoms with Gasteiger partial charge in [0.25, 0.3) is 0 Å². The van der Waals surface area contributed by atoms with Gasteiger partial charge in [-0.2, -0.15) is 0 Å².